The Balaban J connectivity index is 1.94. The summed E-state index contributed by atoms with van der Waals surface area (Å²) in [5, 5.41) is 0. The minimum absolute atomic E-state index is 0.233. The molecule has 1 aromatic carbocycles. The van der Waals surface area contributed by atoms with E-state index in [4.69, 9.17) is 4.74 Å². The van der Waals surface area contributed by atoms with Crippen molar-refractivity contribution in [2.24, 2.45) is 0 Å². The molecule has 0 spiro atoms. The van der Waals surface area contributed by atoms with Crippen molar-refractivity contribution in [3.8, 4) is 0 Å². The maximum absolute atomic E-state index is 11.6. The third kappa shape index (κ3) is 4.74. The van der Waals surface area contributed by atoms with Gasteiger partial charge in [0.25, 0.3) is 0 Å². The molecule has 2 nitrogen and oxygen atoms in total. The number of esters is 1. The highest BCUT2D eigenvalue weighted by molar-refractivity contribution is 5.83. The van der Waals surface area contributed by atoms with Gasteiger partial charge >= 0.3 is 5.97 Å². The van der Waals surface area contributed by atoms with E-state index in [9.17, 15) is 4.79 Å². The summed E-state index contributed by atoms with van der Waals surface area (Å²) in [4.78, 5) is 11.6. The molecule has 29 heavy (non-hydrogen) atoms. The topological polar surface area (TPSA) is 26.3 Å². The first kappa shape index (κ1) is 21.6. The van der Waals surface area contributed by atoms with Crippen LogP contribution in [0.4, 0.5) is 0 Å². The molecule has 3 rings (SSSR count). The number of carbonyl (C=O) groups is 1. The third-order valence-electron chi connectivity index (χ3n) is 6.60. The van der Waals surface area contributed by atoms with Gasteiger partial charge in [0.15, 0.2) is 0 Å². The highest BCUT2D eigenvalue weighted by atomic mass is 16.5. The van der Waals surface area contributed by atoms with E-state index >= 15 is 0 Å². The number of hydrogen-bond acceptors (Lipinski definition) is 2. The van der Waals surface area contributed by atoms with E-state index in [0.29, 0.717) is 6.61 Å². The number of rotatable bonds is 4. The molecule has 0 fully saturated rings. The number of ether oxygens (including phenoxy) is 1. The molecule has 0 aromatic heterocycles. The van der Waals surface area contributed by atoms with Crippen LogP contribution in [0.5, 0.6) is 0 Å². The molecular formula is C27H36O2. The number of allylic oxidation sites excluding steroid dienone is 5. The summed E-state index contributed by atoms with van der Waals surface area (Å²) >= 11 is 0. The summed E-state index contributed by atoms with van der Waals surface area (Å²) in [6.07, 6.45) is 13.8. The van der Waals surface area contributed by atoms with Crippen LogP contribution in [0.1, 0.15) is 89.5 Å². The Morgan fingerprint density at radius 1 is 1.07 bits per heavy atom. The van der Waals surface area contributed by atoms with Crippen molar-refractivity contribution in [1.29, 1.82) is 0 Å². The molecule has 2 aliphatic carbocycles. The Morgan fingerprint density at radius 3 is 2.38 bits per heavy atom. The van der Waals surface area contributed by atoms with E-state index in [1.165, 1.54) is 47.9 Å². The Morgan fingerprint density at radius 2 is 1.72 bits per heavy atom. The van der Waals surface area contributed by atoms with Crippen LogP contribution in [0.3, 0.4) is 0 Å². The van der Waals surface area contributed by atoms with Crippen LogP contribution < -0.4 is 0 Å². The molecule has 156 valence electrons. The lowest BCUT2D eigenvalue weighted by atomic mass is 9.62. The zero-order valence-electron chi connectivity index (χ0n) is 19.0. The maximum Gasteiger partial charge on any atom is 0.330 e. The lowest BCUT2D eigenvalue weighted by molar-refractivity contribution is -0.137. The van der Waals surface area contributed by atoms with Gasteiger partial charge in [-0.1, -0.05) is 58.1 Å². The lowest BCUT2D eigenvalue weighted by Gasteiger charge is -2.43. The molecule has 0 saturated carbocycles. The van der Waals surface area contributed by atoms with Crippen LogP contribution in [-0.4, -0.2) is 12.6 Å². The van der Waals surface area contributed by atoms with Gasteiger partial charge in [0, 0.05) is 6.08 Å². The number of aryl methyl sites for hydroxylation is 1. The van der Waals surface area contributed by atoms with Crippen molar-refractivity contribution in [3.05, 3.63) is 64.3 Å². The van der Waals surface area contributed by atoms with Crippen molar-refractivity contribution in [1.82, 2.24) is 0 Å². The predicted octanol–water partition coefficient (Wildman–Crippen LogP) is 6.82. The summed E-state index contributed by atoms with van der Waals surface area (Å²) < 4.78 is 4.98. The summed E-state index contributed by atoms with van der Waals surface area (Å²) in [6.45, 7) is 13.7. The fourth-order valence-corrected chi connectivity index (χ4v) is 4.68. The highest BCUT2D eigenvalue weighted by Crippen LogP contribution is 2.48. The molecule has 0 N–H and O–H groups in total. The zero-order chi connectivity index (χ0) is 21.2. The summed E-state index contributed by atoms with van der Waals surface area (Å²) in [6, 6.07) is 5.00. The molecule has 0 amide bonds. The molecular weight excluding hydrogens is 356 g/mol. The van der Waals surface area contributed by atoms with Gasteiger partial charge in [-0.15, -0.1) is 0 Å². The van der Waals surface area contributed by atoms with Crippen molar-refractivity contribution in [2.75, 3.05) is 6.61 Å². The molecule has 0 saturated heterocycles. The quantitative estimate of drug-likeness (QED) is 0.319. The summed E-state index contributed by atoms with van der Waals surface area (Å²) in [7, 11) is 0. The third-order valence-corrected chi connectivity index (χ3v) is 6.60. The van der Waals surface area contributed by atoms with E-state index in [1.807, 2.05) is 19.9 Å². The van der Waals surface area contributed by atoms with Gasteiger partial charge < -0.3 is 4.74 Å². The van der Waals surface area contributed by atoms with Crippen LogP contribution >= 0.6 is 0 Å². The molecule has 0 bridgehead atoms. The molecule has 0 radical (unpaired) electrons. The van der Waals surface area contributed by atoms with Crippen LogP contribution in [0, 0.1) is 0 Å². The number of hydrogen-bond donors (Lipinski definition) is 0. The molecule has 2 aliphatic rings. The minimum Gasteiger partial charge on any atom is -0.463 e. The average molecular weight is 393 g/mol. The van der Waals surface area contributed by atoms with E-state index in [1.54, 1.807) is 11.6 Å². The van der Waals surface area contributed by atoms with Crippen molar-refractivity contribution in [3.63, 3.8) is 0 Å². The van der Waals surface area contributed by atoms with Crippen LogP contribution in [0.2, 0.25) is 0 Å². The van der Waals surface area contributed by atoms with Gasteiger partial charge in [0.05, 0.1) is 6.61 Å². The van der Waals surface area contributed by atoms with Gasteiger partial charge in [-0.05, 0) is 90.2 Å². The molecule has 1 aromatic rings. The Kier molecular flexibility index (Phi) is 6.22. The molecule has 0 heterocycles. The van der Waals surface area contributed by atoms with E-state index in [2.05, 4.69) is 52.0 Å². The second kappa shape index (κ2) is 8.34. The van der Waals surface area contributed by atoms with Crippen molar-refractivity contribution < 1.29 is 9.53 Å². The molecule has 0 aliphatic heterocycles. The fourth-order valence-electron chi connectivity index (χ4n) is 4.68. The van der Waals surface area contributed by atoms with Gasteiger partial charge in [-0.3, -0.25) is 0 Å². The van der Waals surface area contributed by atoms with Gasteiger partial charge in [0.2, 0.25) is 0 Å². The van der Waals surface area contributed by atoms with E-state index in [0.717, 1.165) is 12.0 Å². The highest BCUT2D eigenvalue weighted by Gasteiger charge is 2.38. The normalized spacial score (nSPS) is 21.7. The molecule has 0 unspecified atom stereocenters. The first-order chi connectivity index (χ1) is 13.6. The lowest BCUT2D eigenvalue weighted by Crippen LogP contribution is -2.34. The first-order valence-corrected chi connectivity index (χ1v) is 11.0. The maximum atomic E-state index is 11.6. The monoisotopic (exact) mass is 392 g/mol. The zero-order valence-corrected chi connectivity index (χ0v) is 19.0. The smallest absolute Gasteiger partial charge is 0.330 e. The second-order valence-corrected chi connectivity index (χ2v) is 9.87. The van der Waals surface area contributed by atoms with Crippen LogP contribution in [0.25, 0.3) is 5.57 Å². The molecule has 0 atom stereocenters. The number of benzene rings is 1. The van der Waals surface area contributed by atoms with Crippen LogP contribution in [0.15, 0.2) is 42.0 Å². The number of fused-ring (bicyclic) bond motifs is 2. The fraction of sp³-hybridized carbons (Fsp3) is 0.519. The molecule has 2 heteroatoms. The van der Waals surface area contributed by atoms with E-state index < -0.39 is 0 Å². The average Bonchev–Trinajstić information content (AvgIpc) is 2.65. The largest absolute Gasteiger partial charge is 0.463 e. The SMILES string of the molecule is CCOC(=O)/C=C(C)/C=C/C=C1\CCCc2cc3c(cc21)C(C)(C)CCC3(C)C. The Hall–Kier alpha value is -2.09. The van der Waals surface area contributed by atoms with Crippen LogP contribution in [-0.2, 0) is 26.8 Å². The minimum atomic E-state index is -0.276. The van der Waals surface area contributed by atoms with Gasteiger partial charge in [-0.2, -0.15) is 0 Å². The predicted molar refractivity (Wildman–Crippen MR) is 122 cm³/mol. The summed E-state index contributed by atoms with van der Waals surface area (Å²) in [5.41, 5.74) is 8.82. The Bertz CT molecular complexity index is 878. The Labute approximate surface area is 176 Å². The summed E-state index contributed by atoms with van der Waals surface area (Å²) in [5.74, 6) is -0.276. The van der Waals surface area contributed by atoms with E-state index in [-0.39, 0.29) is 16.8 Å². The second-order valence-electron chi connectivity index (χ2n) is 9.87. The van der Waals surface area contributed by atoms with Crippen molar-refractivity contribution >= 4 is 11.5 Å². The van der Waals surface area contributed by atoms with Crippen molar-refractivity contribution in [2.45, 2.75) is 84.5 Å². The standard InChI is InChI=1S/C27H36O2/c1-7-29-25(28)16-19(2)10-8-11-20-12-9-13-21-17-23-24(18-22(20)21)27(5,6)15-14-26(23,3)4/h8,10-11,16-18H,7,9,12-15H2,1-6H3/b10-8+,19-16+,20-11+. The van der Waals surface area contributed by atoms with Gasteiger partial charge in [-0.25, -0.2) is 4.79 Å². The first-order valence-electron chi connectivity index (χ1n) is 11.0. The number of carbonyl (C=O) groups excluding carboxylic acids is 1. The van der Waals surface area contributed by atoms with Gasteiger partial charge in [0.1, 0.15) is 0 Å².